The molecule has 1 aliphatic rings. The van der Waals surface area contributed by atoms with E-state index in [0.717, 1.165) is 5.56 Å². The molecule has 0 fully saturated rings. The van der Waals surface area contributed by atoms with E-state index >= 15 is 0 Å². The largest absolute Gasteiger partial charge is 0.512 e. The van der Waals surface area contributed by atoms with Crippen molar-refractivity contribution < 1.29 is 9.90 Å². The summed E-state index contributed by atoms with van der Waals surface area (Å²) < 4.78 is 0. The molecule has 1 aliphatic carbocycles. The molecule has 72 valence electrons. The van der Waals surface area contributed by atoms with E-state index in [2.05, 4.69) is 4.98 Å². The number of nitrogens with zero attached hydrogens (tertiary/aromatic N) is 1. The van der Waals surface area contributed by atoms with E-state index in [4.69, 9.17) is 0 Å². The van der Waals surface area contributed by atoms with Crippen molar-refractivity contribution in [2.75, 3.05) is 0 Å². The number of hydrogen-bond acceptors (Lipinski definition) is 3. The highest BCUT2D eigenvalue weighted by molar-refractivity contribution is 5.91. The number of hydrogen-bond donors (Lipinski definition) is 1. The Morgan fingerprint density at radius 1 is 1.43 bits per heavy atom. The zero-order valence-electron chi connectivity index (χ0n) is 7.68. The number of carbonyl (C=O) groups is 1. The number of carbonyl (C=O) groups excluding carboxylic acids is 1. The van der Waals surface area contributed by atoms with Gasteiger partial charge in [0.25, 0.3) is 0 Å². The molecule has 1 heterocycles. The average Bonchev–Trinajstić information content (AvgIpc) is 2.18. The van der Waals surface area contributed by atoms with E-state index in [9.17, 15) is 9.90 Å². The lowest BCUT2D eigenvalue weighted by atomic mass is 9.87. The number of allylic oxidation sites excluding steroid dienone is 2. The SMILES string of the molecule is O=C1C=C(O)CC(c2cccnc2)C1. The van der Waals surface area contributed by atoms with Gasteiger partial charge in [0.15, 0.2) is 5.78 Å². The van der Waals surface area contributed by atoms with Crippen LogP contribution in [0.1, 0.15) is 24.3 Å². The van der Waals surface area contributed by atoms with Crippen LogP contribution in [0.5, 0.6) is 0 Å². The van der Waals surface area contributed by atoms with Gasteiger partial charge >= 0.3 is 0 Å². The van der Waals surface area contributed by atoms with Crippen molar-refractivity contribution in [1.29, 1.82) is 0 Å². The number of rotatable bonds is 1. The van der Waals surface area contributed by atoms with E-state index < -0.39 is 0 Å². The predicted molar refractivity (Wildman–Crippen MR) is 51.9 cm³/mol. The maximum absolute atomic E-state index is 11.2. The van der Waals surface area contributed by atoms with Crippen LogP contribution in [0.3, 0.4) is 0 Å². The van der Waals surface area contributed by atoms with Gasteiger partial charge in [-0.3, -0.25) is 9.78 Å². The first-order valence-corrected chi connectivity index (χ1v) is 4.58. The molecule has 1 unspecified atom stereocenters. The van der Waals surface area contributed by atoms with Crippen molar-refractivity contribution in [3.05, 3.63) is 41.9 Å². The molecule has 1 aromatic rings. The molecule has 0 spiro atoms. The molecular weight excluding hydrogens is 178 g/mol. The van der Waals surface area contributed by atoms with Crippen LogP contribution in [-0.2, 0) is 4.79 Å². The number of aromatic nitrogens is 1. The topological polar surface area (TPSA) is 50.2 Å². The summed E-state index contributed by atoms with van der Waals surface area (Å²) in [5, 5.41) is 9.33. The van der Waals surface area contributed by atoms with Crippen molar-refractivity contribution >= 4 is 5.78 Å². The van der Waals surface area contributed by atoms with Gasteiger partial charge in [0.05, 0.1) is 5.76 Å². The highest BCUT2D eigenvalue weighted by atomic mass is 16.3. The molecule has 0 aromatic carbocycles. The molecule has 3 heteroatoms. The maximum Gasteiger partial charge on any atom is 0.159 e. The molecule has 1 N–H and O–H groups in total. The monoisotopic (exact) mass is 189 g/mol. The second kappa shape index (κ2) is 3.62. The van der Waals surface area contributed by atoms with Crippen LogP contribution in [0.25, 0.3) is 0 Å². The minimum atomic E-state index is -0.0115. The van der Waals surface area contributed by atoms with Gasteiger partial charge in [-0.1, -0.05) is 6.07 Å². The van der Waals surface area contributed by atoms with Gasteiger partial charge in [-0.05, 0) is 17.5 Å². The molecule has 0 saturated carbocycles. The van der Waals surface area contributed by atoms with Gasteiger partial charge in [0.2, 0.25) is 0 Å². The van der Waals surface area contributed by atoms with E-state index in [-0.39, 0.29) is 17.5 Å². The van der Waals surface area contributed by atoms with Crippen molar-refractivity contribution in [1.82, 2.24) is 4.98 Å². The highest BCUT2D eigenvalue weighted by Gasteiger charge is 2.21. The Hall–Kier alpha value is -1.64. The van der Waals surface area contributed by atoms with Crippen LogP contribution in [0, 0.1) is 0 Å². The van der Waals surface area contributed by atoms with Crippen LogP contribution in [0.2, 0.25) is 0 Å². The lowest BCUT2D eigenvalue weighted by molar-refractivity contribution is -0.115. The van der Waals surface area contributed by atoms with E-state index in [1.54, 1.807) is 12.4 Å². The summed E-state index contributed by atoms with van der Waals surface area (Å²) in [5.74, 6) is 0.249. The number of pyridine rings is 1. The lowest BCUT2D eigenvalue weighted by Crippen LogP contribution is -2.12. The first kappa shape index (κ1) is 8.94. The molecule has 0 bridgehead atoms. The molecule has 1 aromatic heterocycles. The van der Waals surface area contributed by atoms with Gasteiger partial charge in [-0.15, -0.1) is 0 Å². The van der Waals surface area contributed by atoms with E-state index in [1.807, 2.05) is 12.1 Å². The number of aliphatic hydroxyl groups excluding tert-OH is 1. The van der Waals surface area contributed by atoms with Crippen molar-refractivity contribution in [3.8, 4) is 0 Å². The van der Waals surface area contributed by atoms with Crippen molar-refractivity contribution in [2.24, 2.45) is 0 Å². The van der Waals surface area contributed by atoms with E-state index in [0.29, 0.717) is 12.8 Å². The van der Waals surface area contributed by atoms with Crippen LogP contribution >= 0.6 is 0 Å². The maximum atomic E-state index is 11.2. The number of ketones is 1. The lowest BCUT2D eigenvalue weighted by Gasteiger charge is -2.18. The molecule has 0 aliphatic heterocycles. The summed E-state index contributed by atoms with van der Waals surface area (Å²) in [5.41, 5.74) is 1.01. The van der Waals surface area contributed by atoms with E-state index in [1.165, 1.54) is 6.08 Å². The molecule has 0 amide bonds. The summed E-state index contributed by atoms with van der Waals surface area (Å²) in [7, 11) is 0. The molecule has 14 heavy (non-hydrogen) atoms. The fourth-order valence-electron chi connectivity index (χ4n) is 1.72. The summed E-state index contributed by atoms with van der Waals surface area (Å²) in [6.45, 7) is 0. The first-order chi connectivity index (χ1) is 6.75. The fraction of sp³-hybridized carbons (Fsp3) is 0.273. The highest BCUT2D eigenvalue weighted by Crippen LogP contribution is 2.29. The minimum Gasteiger partial charge on any atom is -0.512 e. The molecular formula is C11H11NO2. The summed E-state index contributed by atoms with van der Waals surface area (Å²) in [6, 6.07) is 3.78. The van der Waals surface area contributed by atoms with Crippen LogP contribution in [-0.4, -0.2) is 15.9 Å². The Morgan fingerprint density at radius 3 is 2.93 bits per heavy atom. The molecule has 0 saturated heterocycles. The zero-order valence-corrected chi connectivity index (χ0v) is 7.68. The third-order valence-corrected chi connectivity index (χ3v) is 2.39. The summed E-state index contributed by atoms with van der Waals surface area (Å²) in [6.07, 6.45) is 5.76. The van der Waals surface area contributed by atoms with Crippen LogP contribution in [0.4, 0.5) is 0 Å². The second-order valence-electron chi connectivity index (χ2n) is 3.49. The van der Waals surface area contributed by atoms with Gasteiger partial charge < -0.3 is 5.11 Å². The quantitative estimate of drug-likeness (QED) is 0.734. The minimum absolute atomic E-state index is 0.0115. The summed E-state index contributed by atoms with van der Waals surface area (Å²) in [4.78, 5) is 15.2. The third-order valence-electron chi connectivity index (χ3n) is 2.39. The molecule has 2 rings (SSSR count). The second-order valence-corrected chi connectivity index (χ2v) is 3.49. The summed E-state index contributed by atoms with van der Waals surface area (Å²) >= 11 is 0. The Labute approximate surface area is 82.1 Å². The average molecular weight is 189 g/mol. The van der Waals surface area contributed by atoms with Crippen molar-refractivity contribution in [3.63, 3.8) is 0 Å². The van der Waals surface area contributed by atoms with Gasteiger partial charge in [0.1, 0.15) is 0 Å². The Kier molecular flexibility index (Phi) is 2.31. The first-order valence-electron chi connectivity index (χ1n) is 4.58. The normalized spacial score (nSPS) is 21.9. The smallest absolute Gasteiger partial charge is 0.159 e. The molecule has 0 radical (unpaired) electrons. The van der Waals surface area contributed by atoms with Crippen LogP contribution < -0.4 is 0 Å². The van der Waals surface area contributed by atoms with Crippen molar-refractivity contribution in [2.45, 2.75) is 18.8 Å². The van der Waals surface area contributed by atoms with Crippen LogP contribution in [0.15, 0.2) is 36.4 Å². The molecule has 3 nitrogen and oxygen atoms in total. The Morgan fingerprint density at radius 2 is 2.29 bits per heavy atom. The Balaban J connectivity index is 2.22. The van der Waals surface area contributed by atoms with Gasteiger partial charge in [0, 0.05) is 31.3 Å². The fourth-order valence-corrected chi connectivity index (χ4v) is 1.72. The van der Waals surface area contributed by atoms with Gasteiger partial charge in [-0.2, -0.15) is 0 Å². The Bertz CT molecular complexity index is 370. The predicted octanol–water partition coefficient (Wildman–Crippen LogP) is 1.97. The van der Waals surface area contributed by atoms with Gasteiger partial charge in [-0.25, -0.2) is 0 Å². The standard InChI is InChI=1S/C11H11NO2/c13-10-4-9(5-11(14)6-10)8-2-1-3-12-7-8/h1-3,6-7,9,13H,4-5H2. The number of aliphatic hydroxyl groups is 1. The zero-order chi connectivity index (χ0) is 9.97. The molecule has 1 atom stereocenters. The third kappa shape index (κ3) is 1.82.